The van der Waals surface area contributed by atoms with E-state index in [0.717, 1.165) is 16.6 Å². The van der Waals surface area contributed by atoms with Gasteiger partial charge >= 0.3 is 0 Å². The van der Waals surface area contributed by atoms with Gasteiger partial charge in [-0.3, -0.25) is 0 Å². The van der Waals surface area contributed by atoms with E-state index in [1.165, 1.54) is 0 Å². The maximum absolute atomic E-state index is 6.18. The van der Waals surface area contributed by atoms with Gasteiger partial charge in [-0.1, -0.05) is 41.5 Å². The lowest BCUT2D eigenvalue weighted by Gasteiger charge is -2.14. The number of hydrogen-bond donors (Lipinski definition) is 1. The summed E-state index contributed by atoms with van der Waals surface area (Å²) in [6.45, 7) is 0.528. The fourth-order valence-electron chi connectivity index (χ4n) is 2.05. The molecule has 0 fully saturated rings. The summed E-state index contributed by atoms with van der Waals surface area (Å²) in [7, 11) is 0. The van der Waals surface area contributed by atoms with Gasteiger partial charge in [0.05, 0.1) is 6.54 Å². The van der Waals surface area contributed by atoms with E-state index in [-0.39, 0.29) is 0 Å². The van der Waals surface area contributed by atoms with Crippen LogP contribution in [0.3, 0.4) is 0 Å². The second kappa shape index (κ2) is 6.02. The number of benzene rings is 1. The maximum atomic E-state index is 6.18. The molecular formula is C15H11Cl2N3S. The minimum absolute atomic E-state index is 0.528. The first-order valence-corrected chi connectivity index (χ1v) is 7.46. The van der Waals surface area contributed by atoms with E-state index in [4.69, 9.17) is 35.4 Å². The van der Waals surface area contributed by atoms with Crippen LogP contribution in [0.15, 0.2) is 48.7 Å². The van der Waals surface area contributed by atoms with Crippen molar-refractivity contribution in [3.8, 4) is 0 Å². The van der Waals surface area contributed by atoms with Crippen molar-refractivity contribution in [3.63, 3.8) is 0 Å². The molecule has 6 heteroatoms. The number of hydrogen-bond acceptors (Lipinski definition) is 3. The predicted molar refractivity (Wildman–Crippen MR) is 90.1 cm³/mol. The smallest absolute Gasteiger partial charge is 0.159 e. The third kappa shape index (κ3) is 3.02. The summed E-state index contributed by atoms with van der Waals surface area (Å²) < 4.78 is 2.45. The molecule has 0 aliphatic rings. The zero-order valence-corrected chi connectivity index (χ0v) is 13.2. The molecular weight excluding hydrogens is 325 g/mol. The normalized spacial score (nSPS) is 10.8. The maximum Gasteiger partial charge on any atom is 0.159 e. The van der Waals surface area contributed by atoms with Crippen LogP contribution < -0.4 is 5.43 Å². The van der Waals surface area contributed by atoms with E-state index >= 15 is 0 Å². The average molecular weight is 336 g/mol. The largest absolute Gasteiger partial charge is 0.319 e. The van der Waals surface area contributed by atoms with E-state index in [1.54, 1.807) is 16.9 Å². The molecule has 2 heterocycles. The first-order valence-electron chi connectivity index (χ1n) is 6.30. The van der Waals surface area contributed by atoms with Crippen LogP contribution in [0.4, 0.5) is 0 Å². The number of halogens is 2. The van der Waals surface area contributed by atoms with Gasteiger partial charge < -0.3 is 5.43 Å². The first-order chi connectivity index (χ1) is 10.1. The molecule has 0 bridgehead atoms. The Balaban J connectivity index is 1.95. The van der Waals surface area contributed by atoms with E-state index in [1.807, 2.05) is 36.4 Å². The van der Waals surface area contributed by atoms with Crippen molar-refractivity contribution in [3.05, 3.63) is 68.9 Å². The summed E-state index contributed by atoms with van der Waals surface area (Å²) in [6.07, 6.45) is 1.74. The Morgan fingerprint density at radius 2 is 2.00 bits per heavy atom. The molecule has 106 valence electrons. The summed E-state index contributed by atoms with van der Waals surface area (Å²) in [5, 5.41) is 2.25. The van der Waals surface area contributed by atoms with E-state index in [9.17, 15) is 0 Å². The third-order valence-electron chi connectivity index (χ3n) is 3.10. The zero-order valence-electron chi connectivity index (χ0n) is 10.9. The molecule has 0 aliphatic heterocycles. The zero-order chi connectivity index (χ0) is 14.8. The fourth-order valence-corrected chi connectivity index (χ4v) is 2.74. The highest BCUT2D eigenvalue weighted by Gasteiger charge is 2.04. The summed E-state index contributed by atoms with van der Waals surface area (Å²) in [6, 6.07) is 13.1. The molecule has 1 N–H and O–H groups in total. The molecule has 1 aromatic carbocycles. The van der Waals surface area contributed by atoms with Crippen LogP contribution in [0, 0.1) is 4.64 Å². The van der Waals surface area contributed by atoms with Gasteiger partial charge in [0.1, 0.15) is 4.64 Å². The number of aromatic nitrogens is 2. The van der Waals surface area contributed by atoms with Gasteiger partial charge in [-0.15, -0.1) is 0 Å². The summed E-state index contributed by atoms with van der Waals surface area (Å²) in [4.78, 5) is 4.37. The Bertz CT molecular complexity index is 861. The van der Waals surface area contributed by atoms with Crippen molar-refractivity contribution < 1.29 is 0 Å². The van der Waals surface area contributed by atoms with Crippen molar-refractivity contribution in [2.24, 2.45) is 0 Å². The van der Waals surface area contributed by atoms with Gasteiger partial charge in [0.2, 0.25) is 0 Å². The second-order valence-electron chi connectivity index (χ2n) is 4.49. The van der Waals surface area contributed by atoms with Crippen LogP contribution in [0.5, 0.6) is 0 Å². The van der Waals surface area contributed by atoms with Gasteiger partial charge in [-0.2, -0.15) is 0 Å². The average Bonchev–Trinajstić information content (AvgIpc) is 2.48. The Kier molecular flexibility index (Phi) is 4.10. The SMILES string of the molecule is S=c1ccc2cccnc2n1NCc1ccc(Cl)cc1Cl. The number of pyridine rings is 2. The van der Waals surface area contributed by atoms with Crippen LogP contribution in [-0.4, -0.2) is 9.66 Å². The van der Waals surface area contributed by atoms with Crippen LogP contribution in [-0.2, 0) is 6.54 Å². The van der Waals surface area contributed by atoms with Crippen LogP contribution in [0.2, 0.25) is 10.0 Å². The second-order valence-corrected chi connectivity index (χ2v) is 5.76. The molecule has 0 amide bonds. The molecule has 0 saturated carbocycles. The standard InChI is InChI=1S/C15H11Cl2N3S/c16-12-5-3-11(13(17)8-12)9-19-20-14(21)6-4-10-2-1-7-18-15(10)20/h1-8,19H,9H2. The predicted octanol–water partition coefficient (Wildman–Crippen LogP) is 4.82. The molecule has 2 aromatic heterocycles. The van der Waals surface area contributed by atoms with Gasteiger partial charge in [-0.05, 0) is 42.0 Å². The van der Waals surface area contributed by atoms with E-state index in [2.05, 4.69) is 10.4 Å². The van der Waals surface area contributed by atoms with Crippen molar-refractivity contribution >= 4 is 46.5 Å². The Morgan fingerprint density at radius 1 is 1.14 bits per heavy atom. The van der Waals surface area contributed by atoms with Crippen LogP contribution in [0.25, 0.3) is 11.0 Å². The summed E-state index contributed by atoms with van der Waals surface area (Å²) in [5.41, 5.74) is 4.98. The fraction of sp³-hybridized carbons (Fsp3) is 0.0667. The highest BCUT2D eigenvalue weighted by Crippen LogP contribution is 2.21. The Morgan fingerprint density at radius 3 is 2.81 bits per heavy atom. The van der Waals surface area contributed by atoms with E-state index < -0.39 is 0 Å². The lowest BCUT2D eigenvalue weighted by Crippen LogP contribution is -2.17. The number of nitrogens with one attached hydrogen (secondary N) is 1. The van der Waals surface area contributed by atoms with Crippen LogP contribution in [0.1, 0.15) is 5.56 Å². The highest BCUT2D eigenvalue weighted by molar-refractivity contribution is 7.71. The quantitative estimate of drug-likeness (QED) is 0.696. The molecule has 3 aromatic rings. The molecule has 21 heavy (non-hydrogen) atoms. The van der Waals surface area contributed by atoms with E-state index in [0.29, 0.717) is 21.2 Å². The molecule has 0 unspecified atom stereocenters. The molecule has 3 rings (SSSR count). The highest BCUT2D eigenvalue weighted by atomic mass is 35.5. The van der Waals surface area contributed by atoms with Crippen LogP contribution >= 0.6 is 35.4 Å². The molecule has 0 atom stereocenters. The summed E-state index contributed by atoms with van der Waals surface area (Å²) in [5.74, 6) is 0. The van der Waals surface area contributed by atoms with Gasteiger partial charge in [0, 0.05) is 21.6 Å². The Labute approximate surface area is 137 Å². The van der Waals surface area contributed by atoms with Crippen molar-refractivity contribution in [2.75, 3.05) is 5.43 Å². The van der Waals surface area contributed by atoms with Crippen molar-refractivity contribution in [1.82, 2.24) is 9.66 Å². The third-order valence-corrected chi connectivity index (χ3v) is 4.00. The molecule has 0 spiro atoms. The van der Waals surface area contributed by atoms with Gasteiger partial charge in [0.25, 0.3) is 0 Å². The van der Waals surface area contributed by atoms with Crippen molar-refractivity contribution in [1.29, 1.82) is 0 Å². The molecule has 0 saturated heterocycles. The Hall–Kier alpha value is -1.62. The lowest BCUT2D eigenvalue weighted by atomic mass is 10.2. The topological polar surface area (TPSA) is 29.9 Å². The van der Waals surface area contributed by atoms with Gasteiger partial charge in [-0.25, -0.2) is 9.66 Å². The van der Waals surface area contributed by atoms with Crippen molar-refractivity contribution in [2.45, 2.75) is 6.54 Å². The molecule has 0 aliphatic carbocycles. The number of fused-ring (bicyclic) bond motifs is 1. The number of nitrogens with zero attached hydrogens (tertiary/aromatic N) is 2. The van der Waals surface area contributed by atoms with Gasteiger partial charge in [0.15, 0.2) is 5.65 Å². The lowest BCUT2D eigenvalue weighted by molar-refractivity contribution is 0.842. The first kappa shape index (κ1) is 14.3. The monoisotopic (exact) mass is 335 g/mol. The molecule has 3 nitrogen and oxygen atoms in total. The minimum Gasteiger partial charge on any atom is -0.319 e. The number of rotatable bonds is 3. The summed E-state index contributed by atoms with van der Waals surface area (Å²) >= 11 is 17.4. The minimum atomic E-state index is 0.528. The molecule has 0 radical (unpaired) electrons.